The third-order valence-electron chi connectivity index (χ3n) is 4.80. The van der Waals surface area contributed by atoms with Gasteiger partial charge in [-0.05, 0) is 38.3 Å². The summed E-state index contributed by atoms with van der Waals surface area (Å²) in [6.45, 7) is 4.59. The second-order valence-electron chi connectivity index (χ2n) is 7.25. The molecule has 1 fully saturated rings. The van der Waals surface area contributed by atoms with Crippen LogP contribution in [0, 0.1) is 0 Å². The first-order chi connectivity index (χ1) is 14.0. The number of hydrogen-bond acceptors (Lipinski definition) is 7. The second kappa shape index (κ2) is 12.9. The van der Waals surface area contributed by atoms with Crippen molar-refractivity contribution in [1.29, 1.82) is 0 Å². The number of rotatable bonds is 12. The van der Waals surface area contributed by atoms with Gasteiger partial charge in [0.05, 0.1) is 6.61 Å². The quantitative estimate of drug-likeness (QED) is 0.236. The van der Waals surface area contributed by atoms with E-state index in [2.05, 4.69) is 12.2 Å². The molecule has 0 saturated carbocycles. The van der Waals surface area contributed by atoms with E-state index in [-0.39, 0.29) is 0 Å². The molecular weight excluding hydrogens is 393 g/mol. The van der Waals surface area contributed by atoms with E-state index in [0.29, 0.717) is 19.4 Å². The lowest BCUT2D eigenvalue weighted by Gasteiger charge is -2.20. The highest BCUT2D eigenvalue weighted by atomic mass is 31.1. The molecule has 1 aromatic carbocycles. The molecule has 0 amide bonds. The highest BCUT2D eigenvalue weighted by molar-refractivity contribution is 7.39. The number of benzene rings is 1. The average Bonchev–Trinajstić information content (AvgIpc) is 3.26. The Kier molecular flexibility index (Phi) is 10.6. The van der Waals surface area contributed by atoms with Gasteiger partial charge in [0.15, 0.2) is 6.10 Å². The molecule has 0 aromatic heterocycles. The van der Waals surface area contributed by atoms with Crippen molar-refractivity contribution in [3.8, 4) is 0 Å². The number of hydrogen-bond donors (Lipinski definition) is 1. The van der Waals surface area contributed by atoms with Crippen LogP contribution in [0.4, 0.5) is 0 Å². The van der Waals surface area contributed by atoms with Gasteiger partial charge in [-0.15, -0.1) is 0 Å². The Morgan fingerprint density at radius 2 is 2.00 bits per heavy atom. The molecule has 4 atom stereocenters. The topological polar surface area (TPSA) is 90.9 Å². The molecule has 29 heavy (non-hydrogen) atoms. The lowest BCUT2D eigenvalue weighted by molar-refractivity contribution is -0.165. The molecule has 0 bridgehead atoms. The fourth-order valence-corrected chi connectivity index (χ4v) is 4.31. The summed E-state index contributed by atoms with van der Waals surface area (Å²) in [6.07, 6.45) is 3.90. The number of carbonyl (C=O) groups is 2. The zero-order valence-corrected chi connectivity index (χ0v) is 18.2. The van der Waals surface area contributed by atoms with Crippen LogP contribution in [0.25, 0.3) is 0 Å². The Balaban J connectivity index is 1.86. The van der Waals surface area contributed by atoms with Crippen molar-refractivity contribution in [3.05, 3.63) is 35.9 Å². The van der Waals surface area contributed by atoms with Gasteiger partial charge in [-0.2, -0.15) is 0 Å². The maximum absolute atomic E-state index is 12.7. The van der Waals surface area contributed by atoms with Crippen LogP contribution in [0.5, 0.6) is 0 Å². The Labute approximate surface area is 173 Å². The van der Waals surface area contributed by atoms with Crippen molar-refractivity contribution >= 4 is 20.0 Å². The predicted octanol–water partition coefficient (Wildman–Crippen LogP) is 3.81. The molecule has 1 heterocycles. The summed E-state index contributed by atoms with van der Waals surface area (Å²) in [5.74, 6) is -2.02. The Morgan fingerprint density at radius 1 is 1.24 bits per heavy atom. The van der Waals surface area contributed by atoms with Gasteiger partial charge in [0.2, 0.25) is 8.03 Å². The van der Waals surface area contributed by atoms with Gasteiger partial charge in [0.1, 0.15) is 11.9 Å². The van der Waals surface area contributed by atoms with Crippen molar-refractivity contribution < 1.29 is 28.2 Å². The lowest BCUT2D eigenvalue weighted by Crippen LogP contribution is -2.36. The van der Waals surface area contributed by atoms with Gasteiger partial charge in [-0.3, -0.25) is 4.57 Å². The van der Waals surface area contributed by atoms with E-state index in [4.69, 9.17) is 14.0 Å². The molecule has 1 aliphatic heterocycles. The van der Waals surface area contributed by atoms with Crippen molar-refractivity contribution in [2.45, 2.75) is 77.0 Å². The van der Waals surface area contributed by atoms with Gasteiger partial charge >= 0.3 is 11.9 Å². The van der Waals surface area contributed by atoms with Crippen LogP contribution in [-0.2, 0) is 34.8 Å². The molecule has 0 aliphatic carbocycles. The number of esters is 2. The van der Waals surface area contributed by atoms with E-state index in [9.17, 15) is 14.2 Å². The Bertz CT molecular complexity index is 662. The first-order valence-corrected chi connectivity index (χ1v) is 11.8. The Hall–Kier alpha value is -1.53. The van der Waals surface area contributed by atoms with Crippen LogP contribution in [0.2, 0.25) is 0 Å². The molecule has 1 aliphatic rings. The van der Waals surface area contributed by atoms with Crippen LogP contribution >= 0.6 is 8.03 Å². The minimum atomic E-state index is -2.68. The lowest BCUT2D eigenvalue weighted by atomic mass is 10.2. The molecule has 0 spiro atoms. The van der Waals surface area contributed by atoms with E-state index in [1.54, 1.807) is 0 Å². The summed E-state index contributed by atoms with van der Waals surface area (Å²) in [5.41, 5.74) is 0.977. The van der Waals surface area contributed by atoms with E-state index in [0.717, 1.165) is 37.8 Å². The summed E-state index contributed by atoms with van der Waals surface area (Å²) < 4.78 is 28.9. The number of unbranched alkanes of at least 4 members (excludes halogenated alkanes) is 2. The summed E-state index contributed by atoms with van der Waals surface area (Å²) in [4.78, 5) is 24.1. The summed E-state index contributed by atoms with van der Waals surface area (Å²) >= 11 is 0. The van der Waals surface area contributed by atoms with Crippen LogP contribution in [-0.4, -0.2) is 36.5 Å². The maximum atomic E-state index is 12.7. The molecule has 162 valence electrons. The zero-order chi connectivity index (χ0) is 21.1. The van der Waals surface area contributed by atoms with E-state index < -0.39 is 38.0 Å². The fourth-order valence-electron chi connectivity index (χ4n) is 3.06. The number of nitrogens with one attached hydrogen (secondary N) is 1. The second-order valence-corrected chi connectivity index (χ2v) is 8.77. The van der Waals surface area contributed by atoms with E-state index >= 15 is 0 Å². The molecule has 8 heteroatoms. The van der Waals surface area contributed by atoms with Gasteiger partial charge < -0.3 is 19.3 Å². The van der Waals surface area contributed by atoms with Gasteiger partial charge in [0, 0.05) is 0 Å². The smallest absolute Gasteiger partial charge is 0.343 e. The highest BCUT2D eigenvalue weighted by Crippen LogP contribution is 2.36. The molecule has 1 aromatic rings. The minimum absolute atomic E-state index is 0.321. The van der Waals surface area contributed by atoms with Crippen LogP contribution < -0.4 is 5.32 Å². The molecule has 2 rings (SSSR count). The van der Waals surface area contributed by atoms with Crippen molar-refractivity contribution in [3.63, 3.8) is 0 Å². The molecule has 1 N–H and O–H groups in total. The van der Waals surface area contributed by atoms with E-state index in [1.807, 2.05) is 30.3 Å². The van der Waals surface area contributed by atoms with Crippen molar-refractivity contribution in [1.82, 2.24) is 5.32 Å². The maximum Gasteiger partial charge on any atom is 0.343 e. The molecular formula is C21H32NO6P. The average molecular weight is 425 g/mol. The third kappa shape index (κ3) is 8.39. The normalized spacial score (nSPS) is 19.4. The van der Waals surface area contributed by atoms with E-state index in [1.165, 1.54) is 6.92 Å². The molecule has 3 unspecified atom stereocenters. The first-order valence-electron chi connectivity index (χ1n) is 10.4. The number of carbonyl (C=O) groups excluding carboxylic acids is 2. The first kappa shape index (κ1) is 23.7. The fraction of sp³-hybridized carbons (Fsp3) is 0.619. The number of ether oxygens (including phenoxy) is 2. The molecule has 1 saturated heterocycles. The van der Waals surface area contributed by atoms with Gasteiger partial charge in [0.25, 0.3) is 0 Å². The molecule has 0 radical (unpaired) electrons. The van der Waals surface area contributed by atoms with Crippen LogP contribution in [0.15, 0.2) is 30.3 Å². The van der Waals surface area contributed by atoms with Crippen molar-refractivity contribution in [2.75, 3.05) is 6.54 Å². The summed E-state index contributed by atoms with van der Waals surface area (Å²) in [6, 6.07) is 9.16. The summed E-state index contributed by atoms with van der Waals surface area (Å²) in [5, 5.41) is 2.98. The molecule has 7 nitrogen and oxygen atoms in total. The van der Waals surface area contributed by atoms with Crippen molar-refractivity contribution in [2.24, 2.45) is 0 Å². The highest BCUT2D eigenvalue weighted by Gasteiger charge is 2.29. The minimum Gasteiger partial charge on any atom is -0.390 e. The SMILES string of the molecule is CCCCCC(OCc1ccccc1)[PH](=O)OC(C)C(=O)OC(=O)[C@@H]1CCCN1. The zero-order valence-electron chi connectivity index (χ0n) is 17.2. The Morgan fingerprint density at radius 3 is 2.66 bits per heavy atom. The third-order valence-corrected chi connectivity index (χ3v) is 6.36. The monoisotopic (exact) mass is 425 g/mol. The standard InChI is InChI=1S/C21H32NO6P/c1-3-4-6-13-19(26-15-17-10-7-5-8-11-17)29(25)28-16(2)20(23)27-21(24)18-12-9-14-22-18/h5,7-8,10-11,16,18-19,22,29H,3-4,6,9,12-15H2,1-2H3/t16?,18-,19?/m0/s1. The summed E-state index contributed by atoms with van der Waals surface area (Å²) in [7, 11) is -2.68. The van der Waals surface area contributed by atoms with Gasteiger partial charge in [-0.25, -0.2) is 9.59 Å². The van der Waals surface area contributed by atoms with Crippen LogP contribution in [0.3, 0.4) is 0 Å². The van der Waals surface area contributed by atoms with Gasteiger partial charge in [-0.1, -0.05) is 56.5 Å². The largest absolute Gasteiger partial charge is 0.390 e. The van der Waals surface area contributed by atoms with Crippen LogP contribution in [0.1, 0.15) is 57.9 Å². The predicted molar refractivity (Wildman–Crippen MR) is 111 cm³/mol.